The molecule has 5 nitrogen and oxygen atoms in total. The maximum absolute atomic E-state index is 13.7. The van der Waals surface area contributed by atoms with E-state index in [0.717, 1.165) is 0 Å². The molecule has 27 heavy (non-hydrogen) atoms. The number of halogens is 1. The highest BCUT2D eigenvalue weighted by atomic mass is 19.1. The van der Waals surface area contributed by atoms with Crippen LogP contribution in [0.2, 0.25) is 0 Å². The maximum atomic E-state index is 13.7. The third-order valence-electron chi connectivity index (χ3n) is 3.98. The first-order valence-corrected chi connectivity index (χ1v) is 8.38. The van der Waals surface area contributed by atoms with Gasteiger partial charge in [0, 0.05) is 35.2 Å². The van der Waals surface area contributed by atoms with E-state index < -0.39 is 0 Å². The number of nitrogens with one attached hydrogen (secondary N) is 2. The Hall–Kier alpha value is -3.54. The van der Waals surface area contributed by atoms with E-state index in [9.17, 15) is 14.0 Å². The molecule has 136 valence electrons. The Morgan fingerprint density at radius 3 is 2.44 bits per heavy atom. The van der Waals surface area contributed by atoms with E-state index in [1.54, 1.807) is 54.6 Å². The second-order valence-corrected chi connectivity index (χ2v) is 5.96. The Morgan fingerprint density at radius 2 is 1.74 bits per heavy atom. The summed E-state index contributed by atoms with van der Waals surface area (Å²) in [7, 11) is 0. The van der Waals surface area contributed by atoms with E-state index in [4.69, 9.17) is 0 Å². The molecule has 0 saturated carbocycles. The molecule has 0 spiro atoms. The number of pyridine rings is 1. The van der Waals surface area contributed by atoms with Crippen LogP contribution in [0.15, 0.2) is 66.9 Å². The minimum absolute atomic E-state index is 0.0387. The molecular formula is C21H18FN3O2. The van der Waals surface area contributed by atoms with Crippen LogP contribution in [0, 0.1) is 5.82 Å². The number of nitrogens with zero attached hydrogens (tertiary/aromatic N) is 1. The van der Waals surface area contributed by atoms with Gasteiger partial charge in [0.15, 0.2) is 5.78 Å². The van der Waals surface area contributed by atoms with Crippen LogP contribution in [0.25, 0.3) is 0 Å². The number of amides is 1. The Balaban J connectivity index is 1.66. The summed E-state index contributed by atoms with van der Waals surface area (Å²) in [5, 5.41) is 5.82. The van der Waals surface area contributed by atoms with Crippen LogP contribution < -0.4 is 10.6 Å². The van der Waals surface area contributed by atoms with Gasteiger partial charge in [0.2, 0.25) is 0 Å². The van der Waals surface area contributed by atoms with Gasteiger partial charge in [-0.3, -0.25) is 14.6 Å². The zero-order valence-electron chi connectivity index (χ0n) is 14.7. The zero-order valence-corrected chi connectivity index (χ0v) is 14.7. The third kappa shape index (κ3) is 4.76. The highest BCUT2D eigenvalue weighted by Gasteiger charge is 2.09. The van der Waals surface area contributed by atoms with Gasteiger partial charge in [-0.05, 0) is 49.4 Å². The van der Waals surface area contributed by atoms with Crippen molar-refractivity contribution in [3.8, 4) is 0 Å². The number of carbonyl (C=O) groups is 2. The van der Waals surface area contributed by atoms with Gasteiger partial charge < -0.3 is 10.6 Å². The molecule has 0 unspecified atom stereocenters. The Kier molecular flexibility index (Phi) is 5.56. The maximum Gasteiger partial charge on any atom is 0.274 e. The second kappa shape index (κ2) is 8.23. The molecule has 6 heteroatoms. The van der Waals surface area contributed by atoms with Crippen LogP contribution in [-0.4, -0.2) is 16.7 Å². The minimum atomic E-state index is -0.375. The molecule has 0 bridgehead atoms. The monoisotopic (exact) mass is 363 g/mol. The summed E-state index contributed by atoms with van der Waals surface area (Å²) in [6, 6.07) is 16.4. The number of hydrogen-bond donors (Lipinski definition) is 2. The third-order valence-corrected chi connectivity index (χ3v) is 3.98. The molecule has 0 aliphatic carbocycles. The van der Waals surface area contributed by atoms with Crippen LogP contribution in [0.1, 0.15) is 33.3 Å². The molecular weight excluding hydrogens is 345 g/mol. The first-order valence-electron chi connectivity index (χ1n) is 8.38. The minimum Gasteiger partial charge on any atom is -0.381 e. The topological polar surface area (TPSA) is 71.1 Å². The lowest BCUT2D eigenvalue weighted by Gasteiger charge is -2.09. The van der Waals surface area contributed by atoms with Gasteiger partial charge in [0.25, 0.3) is 5.91 Å². The van der Waals surface area contributed by atoms with Gasteiger partial charge in [-0.25, -0.2) is 4.39 Å². The summed E-state index contributed by atoms with van der Waals surface area (Å²) in [4.78, 5) is 27.8. The normalized spacial score (nSPS) is 10.3. The van der Waals surface area contributed by atoms with Gasteiger partial charge in [-0.2, -0.15) is 0 Å². The number of Topliss-reactive ketones (excluding diaryl/α,β-unsaturated/α-hetero) is 1. The van der Waals surface area contributed by atoms with Gasteiger partial charge >= 0.3 is 0 Å². The molecule has 0 aliphatic heterocycles. The fraction of sp³-hybridized carbons (Fsp3) is 0.0952. The van der Waals surface area contributed by atoms with E-state index >= 15 is 0 Å². The lowest BCUT2D eigenvalue weighted by atomic mass is 10.1. The van der Waals surface area contributed by atoms with E-state index in [0.29, 0.717) is 29.0 Å². The number of aromatic nitrogens is 1. The molecule has 2 N–H and O–H groups in total. The average molecular weight is 363 g/mol. The van der Waals surface area contributed by atoms with Gasteiger partial charge in [0.05, 0.1) is 0 Å². The number of hydrogen-bond acceptors (Lipinski definition) is 4. The lowest BCUT2D eigenvalue weighted by molar-refractivity contribution is 0.101. The highest BCUT2D eigenvalue weighted by molar-refractivity contribution is 6.03. The summed E-state index contributed by atoms with van der Waals surface area (Å²) >= 11 is 0. The van der Waals surface area contributed by atoms with Crippen molar-refractivity contribution in [2.75, 3.05) is 10.6 Å². The van der Waals surface area contributed by atoms with Crippen LogP contribution >= 0.6 is 0 Å². The Labute approximate surface area is 156 Å². The van der Waals surface area contributed by atoms with Crippen molar-refractivity contribution in [1.82, 2.24) is 4.98 Å². The second-order valence-electron chi connectivity index (χ2n) is 5.96. The standard InChI is InChI=1S/C21H18FN3O2/c1-14(26)15-6-8-17(9-7-15)25-21(27)20-12-18(10-11-23-20)24-13-16-4-2-3-5-19(16)22/h2-12H,13H2,1H3,(H,23,24)(H,25,27). The molecule has 0 atom stereocenters. The van der Waals surface area contributed by atoms with Crippen molar-refractivity contribution in [1.29, 1.82) is 0 Å². The van der Waals surface area contributed by atoms with Gasteiger partial charge in [-0.15, -0.1) is 0 Å². The zero-order chi connectivity index (χ0) is 19.2. The molecule has 1 heterocycles. The number of ketones is 1. The fourth-order valence-corrected chi connectivity index (χ4v) is 2.49. The molecule has 3 rings (SSSR count). The predicted octanol–water partition coefficient (Wildman–Crippen LogP) is 4.29. The van der Waals surface area contributed by atoms with E-state index in [2.05, 4.69) is 15.6 Å². The summed E-state index contributed by atoms with van der Waals surface area (Å²) in [5.74, 6) is -0.700. The van der Waals surface area contributed by atoms with Crippen LogP contribution in [0.4, 0.5) is 15.8 Å². The average Bonchev–Trinajstić information content (AvgIpc) is 2.68. The van der Waals surface area contributed by atoms with E-state index in [-0.39, 0.29) is 23.2 Å². The van der Waals surface area contributed by atoms with Crippen molar-refractivity contribution in [3.63, 3.8) is 0 Å². The molecule has 0 aliphatic rings. The highest BCUT2D eigenvalue weighted by Crippen LogP contribution is 2.15. The molecule has 0 saturated heterocycles. The van der Waals surface area contributed by atoms with Gasteiger partial charge in [0.1, 0.15) is 11.5 Å². The summed E-state index contributed by atoms with van der Waals surface area (Å²) in [5.41, 5.74) is 2.56. The largest absolute Gasteiger partial charge is 0.381 e. The van der Waals surface area contributed by atoms with Crippen LogP contribution in [0.5, 0.6) is 0 Å². The van der Waals surface area contributed by atoms with E-state index in [1.165, 1.54) is 19.2 Å². The lowest BCUT2D eigenvalue weighted by Crippen LogP contribution is -2.14. The molecule has 1 aromatic heterocycles. The molecule has 3 aromatic rings. The first-order chi connectivity index (χ1) is 13.0. The predicted molar refractivity (Wildman–Crippen MR) is 102 cm³/mol. The number of benzene rings is 2. The Morgan fingerprint density at radius 1 is 1.00 bits per heavy atom. The first kappa shape index (κ1) is 18.3. The number of rotatable bonds is 6. The molecule has 2 aromatic carbocycles. The van der Waals surface area contributed by atoms with Crippen molar-refractivity contribution >= 4 is 23.1 Å². The fourth-order valence-electron chi connectivity index (χ4n) is 2.49. The van der Waals surface area contributed by atoms with Crippen LogP contribution in [0.3, 0.4) is 0 Å². The SMILES string of the molecule is CC(=O)c1ccc(NC(=O)c2cc(NCc3ccccc3F)ccn2)cc1. The Bertz CT molecular complexity index is 971. The molecule has 0 fully saturated rings. The number of carbonyl (C=O) groups excluding carboxylic acids is 2. The van der Waals surface area contributed by atoms with Crippen molar-refractivity contribution in [2.45, 2.75) is 13.5 Å². The quantitative estimate of drug-likeness (QED) is 0.641. The summed E-state index contributed by atoms with van der Waals surface area (Å²) in [6.07, 6.45) is 1.51. The molecule has 1 amide bonds. The van der Waals surface area contributed by atoms with Gasteiger partial charge in [-0.1, -0.05) is 18.2 Å². The van der Waals surface area contributed by atoms with Crippen LogP contribution in [-0.2, 0) is 6.54 Å². The van der Waals surface area contributed by atoms with Crippen molar-refractivity contribution in [2.24, 2.45) is 0 Å². The summed E-state index contributed by atoms with van der Waals surface area (Å²) < 4.78 is 13.7. The smallest absolute Gasteiger partial charge is 0.274 e. The van der Waals surface area contributed by atoms with Crippen molar-refractivity contribution in [3.05, 3.63) is 89.5 Å². The van der Waals surface area contributed by atoms with Crippen molar-refractivity contribution < 1.29 is 14.0 Å². The van der Waals surface area contributed by atoms with E-state index in [1.807, 2.05) is 0 Å². The number of anilines is 2. The summed E-state index contributed by atoms with van der Waals surface area (Å²) in [6.45, 7) is 1.78. The molecule has 0 radical (unpaired) electrons.